The third-order valence-electron chi connectivity index (χ3n) is 7.81. The largest absolute Gasteiger partial charge is 0.388 e. The second-order valence-electron chi connectivity index (χ2n) is 9.83. The molecule has 2 aliphatic carbocycles. The SMILES string of the molecule is CNc1cc(F)cc2c1Cc1nc(Cc3cnc4cccn4c3)nc(N3CC4CC(N)C4C3)c1-2. The summed E-state index contributed by atoms with van der Waals surface area (Å²) in [4.78, 5) is 17.0. The van der Waals surface area contributed by atoms with Gasteiger partial charge in [0.15, 0.2) is 0 Å². The molecule has 8 heteroatoms. The number of benzene rings is 1. The van der Waals surface area contributed by atoms with E-state index in [-0.39, 0.29) is 11.9 Å². The predicted molar refractivity (Wildman–Crippen MR) is 130 cm³/mol. The number of nitrogens with two attached hydrogens (primary N) is 1. The lowest BCUT2D eigenvalue weighted by atomic mass is 9.72. The van der Waals surface area contributed by atoms with Crippen molar-refractivity contribution in [3.05, 3.63) is 71.3 Å². The Labute approximate surface area is 196 Å². The van der Waals surface area contributed by atoms with Crippen LogP contribution in [0.4, 0.5) is 15.9 Å². The Morgan fingerprint density at radius 3 is 2.97 bits per heavy atom. The third kappa shape index (κ3) is 2.94. The molecular formula is C26H26FN7. The molecule has 4 heterocycles. The smallest absolute Gasteiger partial charge is 0.140 e. The summed E-state index contributed by atoms with van der Waals surface area (Å²) in [5.74, 6) is 2.56. The average molecular weight is 456 g/mol. The molecule has 1 saturated carbocycles. The molecule has 0 amide bonds. The lowest BCUT2D eigenvalue weighted by Crippen LogP contribution is -2.46. The van der Waals surface area contributed by atoms with Gasteiger partial charge in [0.25, 0.3) is 0 Å². The molecule has 1 aromatic carbocycles. The fourth-order valence-electron chi connectivity index (χ4n) is 6.07. The molecule has 3 aliphatic rings. The van der Waals surface area contributed by atoms with Crippen molar-refractivity contribution in [1.29, 1.82) is 0 Å². The molecule has 7 rings (SSSR count). The van der Waals surface area contributed by atoms with E-state index in [0.29, 0.717) is 24.7 Å². The van der Waals surface area contributed by atoms with Gasteiger partial charge < -0.3 is 20.4 Å². The van der Waals surface area contributed by atoms with Crippen LogP contribution in [0.3, 0.4) is 0 Å². The van der Waals surface area contributed by atoms with E-state index in [1.165, 1.54) is 0 Å². The second-order valence-corrected chi connectivity index (χ2v) is 9.83. The minimum absolute atomic E-state index is 0.249. The number of hydrogen-bond acceptors (Lipinski definition) is 6. The van der Waals surface area contributed by atoms with Crippen LogP contribution in [0.5, 0.6) is 0 Å². The molecule has 34 heavy (non-hydrogen) atoms. The van der Waals surface area contributed by atoms with Crippen molar-refractivity contribution in [1.82, 2.24) is 19.4 Å². The van der Waals surface area contributed by atoms with Crippen LogP contribution >= 0.6 is 0 Å². The summed E-state index contributed by atoms with van der Waals surface area (Å²) in [5, 5.41) is 3.16. The summed E-state index contributed by atoms with van der Waals surface area (Å²) in [7, 11) is 1.83. The van der Waals surface area contributed by atoms with Crippen LogP contribution in [0, 0.1) is 17.7 Å². The minimum atomic E-state index is -0.249. The number of anilines is 2. The van der Waals surface area contributed by atoms with Gasteiger partial charge in [0.1, 0.15) is 23.1 Å². The number of fused-ring (bicyclic) bond motifs is 5. The molecule has 0 bridgehead atoms. The fraction of sp³-hybridized carbons (Fsp3) is 0.346. The molecule has 4 aromatic rings. The van der Waals surface area contributed by atoms with Gasteiger partial charge in [-0.15, -0.1) is 0 Å². The van der Waals surface area contributed by atoms with Crippen LogP contribution in [0.15, 0.2) is 42.9 Å². The van der Waals surface area contributed by atoms with E-state index in [9.17, 15) is 4.39 Å². The zero-order valence-corrected chi connectivity index (χ0v) is 19.0. The van der Waals surface area contributed by atoms with E-state index in [1.807, 2.05) is 36.0 Å². The highest BCUT2D eigenvalue weighted by Crippen LogP contribution is 2.48. The normalized spacial score (nSPS) is 22.4. The molecule has 3 aromatic heterocycles. The van der Waals surface area contributed by atoms with Crippen molar-refractivity contribution in [3.63, 3.8) is 0 Å². The highest BCUT2D eigenvalue weighted by atomic mass is 19.1. The highest BCUT2D eigenvalue weighted by Gasteiger charge is 2.46. The molecule has 7 nitrogen and oxygen atoms in total. The van der Waals surface area contributed by atoms with Crippen LogP contribution in [0.2, 0.25) is 0 Å². The van der Waals surface area contributed by atoms with Gasteiger partial charge in [0, 0.05) is 68.9 Å². The van der Waals surface area contributed by atoms with E-state index >= 15 is 0 Å². The number of nitrogens with one attached hydrogen (secondary N) is 1. The standard InChI is InChI=1S/C26H26FN7/c1-29-21-8-16(27)7-18-17(21)9-22-25(18)26(34-12-15-6-20(28)19(15)13-34)32-23(31-22)5-14-10-30-24-3-2-4-33(24)11-14/h2-4,7-8,10-11,15,19-20,29H,5-6,9,12-13,28H2,1H3. The summed E-state index contributed by atoms with van der Waals surface area (Å²) < 4.78 is 16.6. The monoisotopic (exact) mass is 455 g/mol. The molecule has 2 fully saturated rings. The van der Waals surface area contributed by atoms with Gasteiger partial charge in [-0.25, -0.2) is 19.3 Å². The van der Waals surface area contributed by atoms with Gasteiger partial charge >= 0.3 is 0 Å². The van der Waals surface area contributed by atoms with Crippen molar-refractivity contribution in [2.75, 3.05) is 30.4 Å². The van der Waals surface area contributed by atoms with Gasteiger partial charge in [-0.05, 0) is 59.2 Å². The van der Waals surface area contributed by atoms with Crippen molar-refractivity contribution in [2.45, 2.75) is 25.3 Å². The summed E-state index contributed by atoms with van der Waals surface area (Å²) >= 11 is 0. The second kappa shape index (κ2) is 7.24. The Kier molecular flexibility index (Phi) is 4.24. The van der Waals surface area contributed by atoms with E-state index in [2.05, 4.69) is 21.4 Å². The van der Waals surface area contributed by atoms with Crippen molar-refractivity contribution < 1.29 is 4.39 Å². The Hall–Kier alpha value is -3.52. The third-order valence-corrected chi connectivity index (χ3v) is 7.81. The molecule has 1 aliphatic heterocycles. The Morgan fingerprint density at radius 1 is 1.24 bits per heavy atom. The van der Waals surface area contributed by atoms with Gasteiger partial charge in [-0.1, -0.05) is 0 Å². The fourth-order valence-corrected chi connectivity index (χ4v) is 6.07. The van der Waals surface area contributed by atoms with E-state index < -0.39 is 0 Å². The first-order valence-electron chi connectivity index (χ1n) is 11.9. The summed E-state index contributed by atoms with van der Waals surface area (Å²) in [6.07, 6.45) is 8.29. The average Bonchev–Trinajstić information content (AvgIpc) is 3.52. The quantitative estimate of drug-likeness (QED) is 0.433. The molecule has 172 valence electrons. The Bertz CT molecular complexity index is 1440. The van der Waals surface area contributed by atoms with E-state index in [1.54, 1.807) is 12.1 Å². The molecular weight excluding hydrogens is 429 g/mol. The lowest BCUT2D eigenvalue weighted by Gasteiger charge is -2.36. The van der Waals surface area contributed by atoms with Gasteiger partial charge in [0.2, 0.25) is 0 Å². The van der Waals surface area contributed by atoms with Gasteiger partial charge in [0.05, 0.1) is 5.69 Å². The molecule has 0 spiro atoms. The van der Waals surface area contributed by atoms with Gasteiger partial charge in [-0.2, -0.15) is 0 Å². The zero-order chi connectivity index (χ0) is 23.0. The van der Waals surface area contributed by atoms with Crippen LogP contribution in [-0.2, 0) is 12.8 Å². The maximum absolute atomic E-state index is 14.5. The van der Waals surface area contributed by atoms with Crippen LogP contribution in [-0.4, -0.2) is 45.5 Å². The first kappa shape index (κ1) is 19.9. The zero-order valence-electron chi connectivity index (χ0n) is 19.0. The molecule has 3 unspecified atom stereocenters. The summed E-state index contributed by atoms with van der Waals surface area (Å²) in [5.41, 5.74) is 13.0. The summed E-state index contributed by atoms with van der Waals surface area (Å²) in [6, 6.07) is 7.43. The predicted octanol–water partition coefficient (Wildman–Crippen LogP) is 3.25. The number of hydrogen-bond donors (Lipinski definition) is 2. The highest BCUT2D eigenvalue weighted by molar-refractivity contribution is 5.88. The molecule has 0 radical (unpaired) electrons. The number of rotatable bonds is 4. The molecule has 3 atom stereocenters. The first-order chi connectivity index (χ1) is 16.6. The number of halogens is 1. The molecule has 3 N–H and O–H groups in total. The van der Waals surface area contributed by atoms with Crippen molar-refractivity contribution in [2.24, 2.45) is 17.6 Å². The van der Waals surface area contributed by atoms with Crippen LogP contribution in [0.1, 0.15) is 29.1 Å². The Morgan fingerprint density at radius 2 is 2.15 bits per heavy atom. The topological polar surface area (TPSA) is 84.4 Å². The van der Waals surface area contributed by atoms with Crippen LogP contribution in [0.25, 0.3) is 16.8 Å². The minimum Gasteiger partial charge on any atom is -0.388 e. The molecule has 1 saturated heterocycles. The summed E-state index contributed by atoms with van der Waals surface area (Å²) in [6.45, 7) is 1.84. The van der Waals surface area contributed by atoms with E-state index in [4.69, 9.17) is 15.7 Å². The number of aromatic nitrogens is 4. The Balaban J connectivity index is 1.34. The first-order valence-corrected chi connectivity index (χ1v) is 11.9. The maximum atomic E-state index is 14.5. The lowest BCUT2D eigenvalue weighted by molar-refractivity contribution is 0.194. The van der Waals surface area contributed by atoms with Crippen LogP contribution < -0.4 is 16.0 Å². The van der Waals surface area contributed by atoms with E-state index in [0.717, 1.165) is 70.4 Å². The van der Waals surface area contributed by atoms with Crippen molar-refractivity contribution >= 4 is 17.2 Å². The van der Waals surface area contributed by atoms with Gasteiger partial charge in [-0.3, -0.25) is 0 Å². The maximum Gasteiger partial charge on any atom is 0.140 e. The van der Waals surface area contributed by atoms with Crippen molar-refractivity contribution in [3.8, 4) is 11.1 Å². The number of nitrogens with zero attached hydrogens (tertiary/aromatic N) is 5.